The fraction of sp³-hybridized carbons (Fsp3) is 0.214. The van der Waals surface area contributed by atoms with Crippen molar-refractivity contribution in [3.05, 3.63) is 94.0 Å². The van der Waals surface area contributed by atoms with Crippen LogP contribution in [0.3, 0.4) is 0 Å². The summed E-state index contributed by atoms with van der Waals surface area (Å²) in [7, 11) is 0. The van der Waals surface area contributed by atoms with E-state index in [1.165, 1.54) is 0 Å². The van der Waals surface area contributed by atoms with Gasteiger partial charge < -0.3 is 9.47 Å². The molecule has 0 radical (unpaired) electrons. The highest BCUT2D eigenvalue weighted by Gasteiger charge is 2.74. The predicted octanol–water partition coefficient (Wildman–Crippen LogP) is 4.54. The molecule has 0 N–H and O–H groups in total. The van der Waals surface area contributed by atoms with Crippen LogP contribution < -0.4 is 9.64 Å². The number of rotatable bonds is 4. The third-order valence-electron chi connectivity index (χ3n) is 7.12. The van der Waals surface area contributed by atoms with E-state index in [4.69, 9.17) is 9.47 Å². The average Bonchev–Trinajstić information content (AvgIpc) is 3.45. The molecule has 2 aliphatic heterocycles. The Balaban J connectivity index is 1.49. The van der Waals surface area contributed by atoms with Gasteiger partial charge in [0.25, 0.3) is 0 Å². The molecular formula is C28H20BrNO6. The fourth-order valence-electron chi connectivity index (χ4n) is 5.58. The third kappa shape index (κ3) is 3.01. The van der Waals surface area contributed by atoms with Crippen molar-refractivity contribution in [1.82, 2.24) is 0 Å². The Hall–Kier alpha value is -3.62. The fourth-order valence-corrected chi connectivity index (χ4v) is 5.85. The highest BCUT2D eigenvalue weighted by molar-refractivity contribution is 9.10. The lowest BCUT2D eigenvalue weighted by atomic mass is 9.77. The molecule has 8 heteroatoms. The maximum Gasteiger partial charge on any atom is 0.241 e. The Bertz CT molecular complexity index is 1400. The van der Waals surface area contributed by atoms with Crippen molar-refractivity contribution in [3.8, 4) is 5.75 Å². The number of carbonyl (C=O) groups excluding carboxylic acids is 4. The molecule has 7 nitrogen and oxygen atoms in total. The van der Waals surface area contributed by atoms with E-state index in [0.29, 0.717) is 23.6 Å². The molecule has 3 aliphatic rings. The normalized spacial score (nSPS) is 23.9. The quantitative estimate of drug-likeness (QED) is 0.353. The van der Waals surface area contributed by atoms with Gasteiger partial charge in [-0.3, -0.25) is 19.2 Å². The van der Waals surface area contributed by atoms with Gasteiger partial charge in [0.2, 0.25) is 29.0 Å². The van der Waals surface area contributed by atoms with Crippen LogP contribution in [0.25, 0.3) is 0 Å². The van der Waals surface area contributed by atoms with E-state index in [2.05, 4.69) is 15.9 Å². The molecular weight excluding hydrogens is 526 g/mol. The van der Waals surface area contributed by atoms with Crippen LogP contribution in [0, 0.1) is 11.8 Å². The average molecular weight is 546 g/mol. The summed E-state index contributed by atoms with van der Waals surface area (Å²) in [6.07, 6.45) is -0.950. The zero-order valence-corrected chi connectivity index (χ0v) is 20.7. The van der Waals surface area contributed by atoms with E-state index in [1.807, 2.05) is 6.92 Å². The first-order chi connectivity index (χ1) is 17.4. The number of Topliss-reactive ketones (excluding diaryl/α,β-unsaturated/α-hetero) is 2. The first-order valence-corrected chi connectivity index (χ1v) is 12.4. The van der Waals surface area contributed by atoms with Crippen molar-refractivity contribution in [2.75, 3.05) is 11.5 Å². The topological polar surface area (TPSA) is 90.0 Å². The predicted molar refractivity (Wildman–Crippen MR) is 133 cm³/mol. The lowest BCUT2D eigenvalue weighted by Gasteiger charge is -2.27. The summed E-state index contributed by atoms with van der Waals surface area (Å²) >= 11 is 3.40. The van der Waals surface area contributed by atoms with E-state index < -0.39 is 46.9 Å². The summed E-state index contributed by atoms with van der Waals surface area (Å²) in [5.74, 6) is -3.99. The number of imide groups is 1. The molecule has 2 saturated heterocycles. The number of nitrogens with zero attached hydrogens (tertiary/aromatic N) is 1. The smallest absolute Gasteiger partial charge is 0.241 e. The summed E-state index contributed by atoms with van der Waals surface area (Å²) in [6, 6.07) is 20.1. The zero-order chi connectivity index (χ0) is 25.2. The summed E-state index contributed by atoms with van der Waals surface area (Å²) in [5.41, 5.74) is -0.715. The molecule has 2 fully saturated rings. The van der Waals surface area contributed by atoms with Crippen LogP contribution in [0.2, 0.25) is 0 Å². The molecule has 3 aromatic carbocycles. The second kappa shape index (κ2) is 8.21. The van der Waals surface area contributed by atoms with Gasteiger partial charge in [0.1, 0.15) is 5.75 Å². The van der Waals surface area contributed by atoms with Gasteiger partial charge in [-0.15, -0.1) is 0 Å². The molecule has 3 atom stereocenters. The van der Waals surface area contributed by atoms with Crippen molar-refractivity contribution in [1.29, 1.82) is 0 Å². The Kier molecular flexibility index (Phi) is 5.21. The van der Waals surface area contributed by atoms with Crippen molar-refractivity contribution in [2.24, 2.45) is 11.8 Å². The molecule has 0 aromatic heterocycles. The van der Waals surface area contributed by atoms with Crippen molar-refractivity contribution < 1.29 is 28.7 Å². The largest absolute Gasteiger partial charge is 0.494 e. The number of hydrogen-bond donors (Lipinski definition) is 0. The maximum absolute atomic E-state index is 13.9. The van der Waals surface area contributed by atoms with Gasteiger partial charge in [-0.05, 0) is 48.9 Å². The first kappa shape index (κ1) is 22.8. The van der Waals surface area contributed by atoms with Gasteiger partial charge in [0, 0.05) is 15.6 Å². The van der Waals surface area contributed by atoms with Crippen LogP contribution in [-0.4, -0.2) is 35.6 Å². The molecule has 0 saturated carbocycles. The molecule has 2 amide bonds. The van der Waals surface area contributed by atoms with E-state index >= 15 is 0 Å². The lowest BCUT2D eigenvalue weighted by Crippen LogP contribution is -2.51. The number of ketones is 2. The Morgan fingerprint density at radius 1 is 0.861 bits per heavy atom. The van der Waals surface area contributed by atoms with Gasteiger partial charge in [-0.25, -0.2) is 4.90 Å². The maximum atomic E-state index is 13.9. The number of ether oxygens (including phenoxy) is 2. The summed E-state index contributed by atoms with van der Waals surface area (Å²) in [4.78, 5) is 56.4. The van der Waals surface area contributed by atoms with E-state index in [1.54, 1.807) is 72.8 Å². The highest BCUT2D eigenvalue weighted by atomic mass is 79.9. The second-order valence-corrected chi connectivity index (χ2v) is 9.89. The summed E-state index contributed by atoms with van der Waals surface area (Å²) in [6.45, 7) is 2.34. The van der Waals surface area contributed by atoms with Crippen LogP contribution >= 0.6 is 15.9 Å². The third-order valence-corrected chi connectivity index (χ3v) is 7.65. The van der Waals surface area contributed by atoms with Crippen LogP contribution in [0.5, 0.6) is 5.75 Å². The number of anilines is 1. The molecule has 2 heterocycles. The SMILES string of the molecule is CCOc1ccc(N2C(=O)[C@@H]3[C@@H](c4ccc(Br)cc4)OC4(C(=O)c5ccccc5C4=O)[C@@H]3C2=O)cc1. The molecule has 0 unspecified atom stereocenters. The molecule has 1 aliphatic carbocycles. The first-order valence-electron chi connectivity index (χ1n) is 11.6. The molecule has 3 aromatic rings. The summed E-state index contributed by atoms with van der Waals surface area (Å²) < 4.78 is 12.6. The Labute approximate surface area is 215 Å². The number of fused-ring (bicyclic) bond motifs is 3. The van der Waals surface area contributed by atoms with Crippen molar-refractivity contribution in [3.63, 3.8) is 0 Å². The van der Waals surface area contributed by atoms with E-state index in [0.717, 1.165) is 9.37 Å². The minimum atomic E-state index is -2.08. The number of carbonyl (C=O) groups is 4. The number of benzene rings is 3. The van der Waals surface area contributed by atoms with Crippen molar-refractivity contribution >= 4 is 45.0 Å². The molecule has 180 valence electrons. The monoisotopic (exact) mass is 545 g/mol. The number of halogens is 1. The standard InChI is InChI=1S/C28H20BrNO6/c1-2-35-18-13-11-17(12-14-18)30-26(33)21-22(27(30)34)28(36-23(21)15-7-9-16(29)10-8-15)24(31)19-5-3-4-6-20(19)25(28)32/h3-14,21-23H,2H2,1H3/t21-,22-,23+/m0/s1. The molecule has 36 heavy (non-hydrogen) atoms. The van der Waals surface area contributed by atoms with Crippen LogP contribution in [-0.2, 0) is 14.3 Å². The number of hydrogen-bond acceptors (Lipinski definition) is 6. The zero-order valence-electron chi connectivity index (χ0n) is 19.1. The van der Waals surface area contributed by atoms with Crippen molar-refractivity contribution in [2.45, 2.75) is 18.6 Å². The lowest BCUT2D eigenvalue weighted by molar-refractivity contribution is -0.127. The van der Waals surface area contributed by atoms with Gasteiger partial charge in [0.15, 0.2) is 0 Å². The minimum Gasteiger partial charge on any atom is -0.494 e. The molecule has 0 bridgehead atoms. The number of amides is 2. The Morgan fingerprint density at radius 2 is 1.47 bits per heavy atom. The summed E-state index contributed by atoms with van der Waals surface area (Å²) in [5, 5.41) is 0. The minimum absolute atomic E-state index is 0.206. The highest BCUT2D eigenvalue weighted by Crippen LogP contribution is 2.57. The van der Waals surface area contributed by atoms with Crippen LogP contribution in [0.15, 0.2) is 77.3 Å². The van der Waals surface area contributed by atoms with Gasteiger partial charge in [0.05, 0.1) is 30.2 Å². The Morgan fingerprint density at radius 3 is 2.06 bits per heavy atom. The molecule has 1 spiro atoms. The van der Waals surface area contributed by atoms with Crippen LogP contribution in [0.4, 0.5) is 5.69 Å². The molecule has 6 rings (SSSR count). The second-order valence-electron chi connectivity index (χ2n) is 8.97. The van der Waals surface area contributed by atoms with E-state index in [-0.39, 0.29) is 11.1 Å². The van der Waals surface area contributed by atoms with Gasteiger partial charge in [-0.2, -0.15) is 0 Å². The van der Waals surface area contributed by atoms with Gasteiger partial charge >= 0.3 is 0 Å². The van der Waals surface area contributed by atoms with E-state index in [9.17, 15) is 19.2 Å². The van der Waals surface area contributed by atoms with Gasteiger partial charge in [-0.1, -0.05) is 52.3 Å². The van der Waals surface area contributed by atoms with Crippen LogP contribution in [0.1, 0.15) is 39.3 Å².